The van der Waals surface area contributed by atoms with E-state index in [1.807, 2.05) is 0 Å². The maximum absolute atomic E-state index is 6.23. The van der Waals surface area contributed by atoms with Crippen molar-refractivity contribution in [3.05, 3.63) is 0 Å². The summed E-state index contributed by atoms with van der Waals surface area (Å²) < 4.78 is 5.67. The zero-order chi connectivity index (χ0) is 13.4. The second-order valence-corrected chi connectivity index (χ2v) is 7.30. The van der Waals surface area contributed by atoms with Gasteiger partial charge in [-0.15, -0.1) is 0 Å². The van der Waals surface area contributed by atoms with Gasteiger partial charge in [0.2, 0.25) is 0 Å². The first-order chi connectivity index (χ1) is 8.39. The SMILES string of the molecule is CC1CC(C)CC(CN)(N2CCOCC2(C)C)C1. The predicted octanol–water partition coefficient (Wildman–Crippen LogP) is 2.25. The van der Waals surface area contributed by atoms with Gasteiger partial charge < -0.3 is 10.5 Å². The molecule has 3 nitrogen and oxygen atoms in total. The molecule has 0 bridgehead atoms. The van der Waals surface area contributed by atoms with E-state index in [1.165, 1.54) is 19.3 Å². The summed E-state index contributed by atoms with van der Waals surface area (Å²) in [5.74, 6) is 1.58. The zero-order valence-electron chi connectivity index (χ0n) is 12.5. The summed E-state index contributed by atoms with van der Waals surface area (Å²) >= 11 is 0. The van der Waals surface area contributed by atoms with Gasteiger partial charge in [0.25, 0.3) is 0 Å². The summed E-state index contributed by atoms with van der Waals surface area (Å²) in [6.07, 6.45) is 3.85. The molecule has 0 spiro atoms. The largest absolute Gasteiger partial charge is 0.378 e. The highest BCUT2D eigenvalue weighted by molar-refractivity contribution is 5.03. The lowest BCUT2D eigenvalue weighted by molar-refractivity contribution is -0.123. The standard InChI is InChI=1S/C15H30N2O/c1-12-7-13(2)9-15(8-12,10-16)17-5-6-18-11-14(17,3)4/h12-13H,5-11,16H2,1-4H3. The first-order valence-electron chi connectivity index (χ1n) is 7.45. The van der Waals surface area contributed by atoms with Crippen molar-refractivity contribution in [1.29, 1.82) is 0 Å². The van der Waals surface area contributed by atoms with E-state index in [0.717, 1.165) is 38.1 Å². The number of nitrogens with zero attached hydrogens (tertiary/aromatic N) is 1. The molecule has 2 rings (SSSR count). The smallest absolute Gasteiger partial charge is 0.0645 e. The molecule has 106 valence electrons. The van der Waals surface area contributed by atoms with E-state index < -0.39 is 0 Å². The van der Waals surface area contributed by atoms with Crippen LogP contribution in [0.4, 0.5) is 0 Å². The van der Waals surface area contributed by atoms with Crippen LogP contribution in [0.15, 0.2) is 0 Å². The molecule has 0 aromatic rings. The average Bonchev–Trinajstić information content (AvgIpc) is 2.26. The Labute approximate surface area is 112 Å². The fraction of sp³-hybridized carbons (Fsp3) is 1.00. The minimum atomic E-state index is 0.119. The van der Waals surface area contributed by atoms with E-state index >= 15 is 0 Å². The normalized spacial score (nSPS) is 41.8. The third-order valence-corrected chi connectivity index (χ3v) is 4.86. The van der Waals surface area contributed by atoms with E-state index in [-0.39, 0.29) is 11.1 Å². The molecule has 2 N–H and O–H groups in total. The molecule has 2 aliphatic rings. The van der Waals surface area contributed by atoms with E-state index in [9.17, 15) is 0 Å². The molecule has 2 atom stereocenters. The third kappa shape index (κ3) is 2.59. The quantitative estimate of drug-likeness (QED) is 0.821. The highest BCUT2D eigenvalue weighted by Crippen LogP contribution is 2.42. The third-order valence-electron chi connectivity index (χ3n) is 4.86. The summed E-state index contributed by atoms with van der Waals surface area (Å²) in [5.41, 5.74) is 6.55. The van der Waals surface area contributed by atoms with Crippen molar-refractivity contribution >= 4 is 0 Å². The van der Waals surface area contributed by atoms with E-state index in [2.05, 4.69) is 32.6 Å². The monoisotopic (exact) mass is 254 g/mol. The molecule has 0 aromatic carbocycles. The Kier molecular flexibility index (Phi) is 4.05. The summed E-state index contributed by atoms with van der Waals surface area (Å²) in [4.78, 5) is 2.66. The topological polar surface area (TPSA) is 38.5 Å². The number of ether oxygens (including phenoxy) is 1. The minimum absolute atomic E-state index is 0.119. The first-order valence-corrected chi connectivity index (χ1v) is 7.45. The molecule has 2 unspecified atom stereocenters. The van der Waals surface area contributed by atoms with Crippen LogP contribution in [-0.4, -0.2) is 42.3 Å². The van der Waals surface area contributed by atoms with Gasteiger partial charge in [0, 0.05) is 24.2 Å². The van der Waals surface area contributed by atoms with Gasteiger partial charge in [-0.25, -0.2) is 0 Å². The number of nitrogens with two attached hydrogens (primary N) is 1. The Bertz CT molecular complexity index is 280. The molecule has 1 heterocycles. The maximum Gasteiger partial charge on any atom is 0.0645 e. The number of hydrogen-bond donors (Lipinski definition) is 1. The van der Waals surface area contributed by atoms with Gasteiger partial charge in [0.1, 0.15) is 0 Å². The molecule has 1 saturated heterocycles. The van der Waals surface area contributed by atoms with Crippen molar-refractivity contribution in [2.45, 2.75) is 58.0 Å². The van der Waals surface area contributed by atoms with Crippen LogP contribution < -0.4 is 5.73 Å². The molecule has 0 amide bonds. The predicted molar refractivity (Wildman–Crippen MR) is 75.6 cm³/mol. The van der Waals surface area contributed by atoms with E-state index in [1.54, 1.807) is 0 Å². The summed E-state index contributed by atoms with van der Waals surface area (Å²) in [6, 6.07) is 0. The van der Waals surface area contributed by atoms with Crippen molar-refractivity contribution in [2.75, 3.05) is 26.3 Å². The fourth-order valence-electron chi connectivity index (χ4n) is 4.47. The van der Waals surface area contributed by atoms with Crippen LogP contribution in [0.1, 0.15) is 47.0 Å². The van der Waals surface area contributed by atoms with Crippen LogP contribution in [0, 0.1) is 11.8 Å². The molecular formula is C15H30N2O. The molecule has 0 aromatic heterocycles. The lowest BCUT2D eigenvalue weighted by Gasteiger charge is -2.57. The van der Waals surface area contributed by atoms with Gasteiger partial charge in [-0.1, -0.05) is 13.8 Å². The summed E-state index contributed by atoms with van der Waals surface area (Å²) in [6.45, 7) is 12.9. The number of morpholine rings is 1. The highest BCUT2D eigenvalue weighted by Gasteiger charge is 2.47. The second kappa shape index (κ2) is 5.10. The second-order valence-electron chi connectivity index (χ2n) is 7.30. The van der Waals surface area contributed by atoms with Crippen LogP contribution in [-0.2, 0) is 4.74 Å². The van der Waals surface area contributed by atoms with Crippen LogP contribution in [0.3, 0.4) is 0 Å². The number of rotatable bonds is 2. The highest BCUT2D eigenvalue weighted by atomic mass is 16.5. The Hall–Kier alpha value is -0.120. The fourth-order valence-corrected chi connectivity index (χ4v) is 4.47. The van der Waals surface area contributed by atoms with E-state index in [4.69, 9.17) is 10.5 Å². The number of hydrogen-bond acceptors (Lipinski definition) is 3. The van der Waals surface area contributed by atoms with Crippen molar-refractivity contribution < 1.29 is 4.74 Å². The van der Waals surface area contributed by atoms with Crippen LogP contribution in [0.2, 0.25) is 0 Å². The summed E-state index contributed by atoms with van der Waals surface area (Å²) in [7, 11) is 0. The molecule has 1 aliphatic heterocycles. The van der Waals surface area contributed by atoms with Crippen LogP contribution in [0.25, 0.3) is 0 Å². The summed E-state index contributed by atoms with van der Waals surface area (Å²) in [5, 5.41) is 0. The van der Waals surface area contributed by atoms with Crippen molar-refractivity contribution in [3.8, 4) is 0 Å². The average molecular weight is 254 g/mol. The first kappa shape index (κ1) is 14.3. The van der Waals surface area contributed by atoms with Gasteiger partial charge in [-0.05, 0) is 44.9 Å². The minimum Gasteiger partial charge on any atom is -0.378 e. The Balaban J connectivity index is 2.25. The van der Waals surface area contributed by atoms with Gasteiger partial charge in [0.05, 0.1) is 13.2 Å². The molecular weight excluding hydrogens is 224 g/mol. The molecule has 1 aliphatic carbocycles. The lowest BCUT2D eigenvalue weighted by Crippen LogP contribution is -2.67. The Morgan fingerprint density at radius 1 is 1.22 bits per heavy atom. The zero-order valence-corrected chi connectivity index (χ0v) is 12.5. The molecule has 1 saturated carbocycles. The Morgan fingerprint density at radius 2 is 1.83 bits per heavy atom. The van der Waals surface area contributed by atoms with Crippen molar-refractivity contribution in [1.82, 2.24) is 4.90 Å². The van der Waals surface area contributed by atoms with Gasteiger partial charge in [-0.3, -0.25) is 4.90 Å². The molecule has 18 heavy (non-hydrogen) atoms. The van der Waals surface area contributed by atoms with Crippen LogP contribution >= 0.6 is 0 Å². The molecule has 2 fully saturated rings. The lowest BCUT2D eigenvalue weighted by atomic mass is 9.69. The van der Waals surface area contributed by atoms with Gasteiger partial charge in [-0.2, -0.15) is 0 Å². The van der Waals surface area contributed by atoms with Gasteiger partial charge >= 0.3 is 0 Å². The van der Waals surface area contributed by atoms with Crippen molar-refractivity contribution in [3.63, 3.8) is 0 Å². The Morgan fingerprint density at radius 3 is 2.33 bits per heavy atom. The van der Waals surface area contributed by atoms with E-state index in [0.29, 0.717) is 0 Å². The van der Waals surface area contributed by atoms with Crippen molar-refractivity contribution in [2.24, 2.45) is 17.6 Å². The van der Waals surface area contributed by atoms with Gasteiger partial charge in [0.15, 0.2) is 0 Å². The molecule has 3 heteroatoms. The van der Waals surface area contributed by atoms with Crippen LogP contribution in [0.5, 0.6) is 0 Å². The molecule has 0 radical (unpaired) electrons. The maximum atomic E-state index is 6.23.